The summed E-state index contributed by atoms with van der Waals surface area (Å²) in [5, 5.41) is 11.0. The van der Waals surface area contributed by atoms with Crippen molar-refractivity contribution in [2.75, 3.05) is 38.2 Å². The number of benzene rings is 3. The highest BCUT2D eigenvalue weighted by atomic mass is 79.9. The van der Waals surface area contributed by atoms with Crippen LogP contribution < -0.4 is 19.1 Å². The molecule has 0 aliphatic heterocycles. The Kier molecular flexibility index (Phi) is 10.0. The minimum absolute atomic E-state index is 0.329. The molecule has 0 radical (unpaired) electrons. The van der Waals surface area contributed by atoms with Gasteiger partial charge in [-0.25, -0.2) is 4.79 Å². The van der Waals surface area contributed by atoms with E-state index in [9.17, 15) is 9.90 Å². The van der Waals surface area contributed by atoms with Crippen LogP contribution in [0.2, 0.25) is 0 Å². The molecular weight excluding hydrogens is 678 g/mol. The molecule has 0 aliphatic carbocycles. The fourth-order valence-electron chi connectivity index (χ4n) is 4.06. The summed E-state index contributed by atoms with van der Waals surface area (Å²) in [5.41, 5.74) is 0.501. The van der Waals surface area contributed by atoms with Gasteiger partial charge in [-0.15, -0.1) is 0 Å². The summed E-state index contributed by atoms with van der Waals surface area (Å²) in [6.07, 6.45) is 2.30. The van der Waals surface area contributed by atoms with Gasteiger partial charge in [-0.1, -0.05) is 6.07 Å². The molecule has 3 aromatic rings. The van der Waals surface area contributed by atoms with E-state index in [0.717, 1.165) is 0 Å². The molecule has 36 heavy (non-hydrogen) atoms. The number of halogens is 3. The van der Waals surface area contributed by atoms with Crippen molar-refractivity contribution in [3.05, 3.63) is 73.6 Å². The van der Waals surface area contributed by atoms with E-state index in [2.05, 4.69) is 47.8 Å². The van der Waals surface area contributed by atoms with Crippen molar-refractivity contribution in [3.63, 3.8) is 0 Å². The third-order valence-corrected chi connectivity index (χ3v) is 8.29. The van der Waals surface area contributed by atoms with Gasteiger partial charge in [0.1, 0.15) is 17.2 Å². The number of carbonyl (C=O) groups is 1. The van der Waals surface area contributed by atoms with Crippen molar-refractivity contribution in [1.82, 2.24) is 0 Å². The lowest BCUT2D eigenvalue weighted by molar-refractivity contribution is -0.143. The van der Waals surface area contributed by atoms with E-state index in [-0.39, 0.29) is 0 Å². The average molecular weight is 704 g/mol. The molecule has 3 aromatic carbocycles. The predicted octanol–water partition coefficient (Wildman–Crippen LogP) is 7.87. The summed E-state index contributed by atoms with van der Waals surface area (Å²) in [7, 11) is 4.76. The van der Waals surface area contributed by atoms with E-state index in [4.69, 9.17) is 14.2 Å². The molecule has 0 bridgehead atoms. The van der Waals surface area contributed by atoms with Crippen molar-refractivity contribution in [3.8, 4) is 17.2 Å². The predicted molar refractivity (Wildman–Crippen MR) is 157 cm³/mol. The summed E-state index contributed by atoms with van der Waals surface area (Å²) in [6, 6.07) is 16.5. The second-order valence-electron chi connectivity index (χ2n) is 7.73. The van der Waals surface area contributed by atoms with Crippen LogP contribution in [-0.4, -0.2) is 44.4 Å². The highest BCUT2D eigenvalue weighted by Gasteiger charge is 2.47. The summed E-state index contributed by atoms with van der Waals surface area (Å²) < 4.78 is 18.4. The van der Waals surface area contributed by atoms with Gasteiger partial charge in [0, 0.05) is 11.4 Å². The Hall–Kier alpha value is -1.88. The van der Waals surface area contributed by atoms with Gasteiger partial charge in [-0.2, -0.15) is 11.8 Å². The van der Waals surface area contributed by atoms with Crippen LogP contribution in [-0.2, 0) is 10.3 Å². The second-order valence-corrected chi connectivity index (χ2v) is 11.3. The third kappa shape index (κ3) is 5.66. The summed E-state index contributed by atoms with van der Waals surface area (Å²) in [4.78, 5) is 15.3. The smallest absolute Gasteiger partial charge is 0.334 e. The van der Waals surface area contributed by atoms with Crippen molar-refractivity contribution in [2.24, 2.45) is 0 Å². The Morgan fingerprint density at radius 3 is 1.64 bits per heavy atom. The first-order valence-electron chi connectivity index (χ1n) is 10.8. The van der Waals surface area contributed by atoms with Gasteiger partial charge < -0.3 is 24.2 Å². The number of carboxylic acid groups (broad SMARTS) is 1. The summed E-state index contributed by atoms with van der Waals surface area (Å²) in [6.45, 7) is 0. The number of rotatable bonds is 11. The number of ether oxygens (including phenoxy) is 3. The minimum atomic E-state index is -1.46. The first kappa shape index (κ1) is 28.7. The Morgan fingerprint density at radius 1 is 0.833 bits per heavy atom. The number of hydrogen-bond donors (Lipinski definition) is 1. The Morgan fingerprint density at radius 2 is 1.28 bits per heavy atom. The van der Waals surface area contributed by atoms with Gasteiger partial charge >= 0.3 is 5.97 Å². The normalized spacial score (nSPS) is 12.5. The summed E-state index contributed by atoms with van der Waals surface area (Å²) >= 11 is 12.3. The van der Waals surface area contributed by atoms with Crippen molar-refractivity contribution in [2.45, 2.75) is 12.0 Å². The Bertz CT molecular complexity index is 1190. The number of anilines is 2. The molecule has 1 atom stereocenters. The van der Waals surface area contributed by atoms with E-state index in [0.29, 0.717) is 59.8 Å². The van der Waals surface area contributed by atoms with Crippen LogP contribution in [0.4, 0.5) is 11.4 Å². The van der Waals surface area contributed by atoms with Crippen LogP contribution in [0.25, 0.3) is 0 Å². The molecule has 6 nitrogen and oxygen atoms in total. The molecule has 0 saturated carbocycles. The fourth-order valence-corrected chi connectivity index (χ4v) is 6.16. The Labute approximate surface area is 240 Å². The van der Waals surface area contributed by atoms with Crippen LogP contribution in [0.5, 0.6) is 17.2 Å². The number of carboxylic acids is 1. The lowest BCUT2D eigenvalue weighted by Crippen LogP contribution is -2.50. The molecule has 0 spiro atoms. The van der Waals surface area contributed by atoms with Crippen LogP contribution >= 0.6 is 59.6 Å². The van der Waals surface area contributed by atoms with Gasteiger partial charge in [-0.05, 0) is 120 Å². The lowest BCUT2D eigenvalue weighted by atomic mass is 9.84. The molecular formula is C26H26Br3NO5S. The maximum absolute atomic E-state index is 13.4. The maximum atomic E-state index is 13.4. The zero-order chi connectivity index (χ0) is 26.5. The van der Waals surface area contributed by atoms with Gasteiger partial charge in [0.2, 0.25) is 0 Å². The zero-order valence-electron chi connectivity index (χ0n) is 20.2. The number of hydrogen-bond acceptors (Lipinski definition) is 6. The van der Waals surface area contributed by atoms with E-state index in [1.54, 1.807) is 39.2 Å². The molecule has 3 rings (SSSR count). The highest BCUT2D eigenvalue weighted by molar-refractivity contribution is 9.11. The van der Waals surface area contributed by atoms with E-state index >= 15 is 0 Å². The van der Waals surface area contributed by atoms with Crippen LogP contribution in [0, 0.1) is 0 Å². The van der Waals surface area contributed by atoms with Crippen molar-refractivity contribution < 1.29 is 24.1 Å². The topological polar surface area (TPSA) is 68.2 Å². The van der Waals surface area contributed by atoms with Gasteiger partial charge in [-0.3, -0.25) is 0 Å². The first-order valence-corrected chi connectivity index (χ1v) is 14.5. The van der Waals surface area contributed by atoms with Crippen molar-refractivity contribution >= 4 is 76.9 Å². The molecule has 0 unspecified atom stereocenters. The third-order valence-electron chi connectivity index (χ3n) is 5.82. The van der Waals surface area contributed by atoms with E-state index < -0.39 is 11.5 Å². The molecule has 0 saturated heterocycles. The van der Waals surface area contributed by atoms with Gasteiger partial charge in [0.25, 0.3) is 0 Å². The van der Waals surface area contributed by atoms with Crippen LogP contribution in [0.3, 0.4) is 0 Å². The largest absolute Gasteiger partial charge is 0.496 e. The lowest BCUT2D eigenvalue weighted by Gasteiger charge is -2.43. The van der Waals surface area contributed by atoms with Gasteiger partial charge in [0.15, 0.2) is 5.54 Å². The molecule has 0 amide bonds. The number of nitrogens with zero attached hydrogens (tertiary/aromatic N) is 1. The van der Waals surface area contributed by atoms with Crippen LogP contribution in [0.15, 0.2) is 68.0 Å². The van der Waals surface area contributed by atoms with Crippen LogP contribution in [0.1, 0.15) is 12.0 Å². The molecule has 10 heteroatoms. The average Bonchev–Trinajstić information content (AvgIpc) is 2.86. The Balaban J connectivity index is 2.40. The molecule has 0 aliphatic rings. The van der Waals surface area contributed by atoms with E-state index in [1.807, 2.05) is 59.7 Å². The minimum Gasteiger partial charge on any atom is -0.496 e. The number of methoxy groups -OCH3 is 3. The highest BCUT2D eigenvalue weighted by Crippen LogP contribution is 2.47. The molecule has 0 aromatic heterocycles. The SMILES string of the molecule is COc1ccc(N(c2ccc(OC)c(Br)c2)[C@@](CCSC)(C(=O)O)c2ccc(OC)c(Br)c2)cc1Br. The first-order chi connectivity index (χ1) is 17.2. The molecule has 1 N–H and O–H groups in total. The monoisotopic (exact) mass is 701 g/mol. The maximum Gasteiger partial charge on any atom is 0.334 e. The molecule has 0 fully saturated rings. The number of aliphatic carboxylic acids is 1. The zero-order valence-corrected chi connectivity index (χ0v) is 25.8. The standard InChI is InChI=1S/C26H26Br3NO5S/c1-33-22-8-5-16(13-19(22)27)26(25(31)32,11-12-36-4)30(17-6-9-23(34-2)20(28)14-17)18-7-10-24(35-3)21(29)15-18/h5-10,13-15H,11-12H2,1-4H3,(H,31,32)/t26-/m1/s1. The number of thioether (sulfide) groups is 1. The molecule has 0 heterocycles. The fraction of sp³-hybridized carbons (Fsp3) is 0.269. The quantitative estimate of drug-likeness (QED) is 0.218. The van der Waals surface area contributed by atoms with E-state index in [1.165, 1.54) is 0 Å². The summed E-state index contributed by atoms with van der Waals surface area (Å²) in [5.74, 6) is 1.54. The second kappa shape index (κ2) is 12.6. The van der Waals surface area contributed by atoms with Crippen molar-refractivity contribution in [1.29, 1.82) is 0 Å². The molecule has 192 valence electrons. The van der Waals surface area contributed by atoms with Gasteiger partial charge in [0.05, 0.1) is 34.7 Å².